The number of piperidine rings is 2. The Morgan fingerprint density at radius 2 is 1.18 bits per heavy atom. The van der Waals surface area contributed by atoms with Gasteiger partial charge in [-0.2, -0.15) is 10.2 Å². The van der Waals surface area contributed by atoms with Crippen LogP contribution in [-0.4, -0.2) is 97.0 Å². The van der Waals surface area contributed by atoms with E-state index in [1.165, 1.54) is 4.90 Å². The summed E-state index contributed by atoms with van der Waals surface area (Å²) in [5.41, 5.74) is 7.17. The van der Waals surface area contributed by atoms with Crippen molar-refractivity contribution in [2.45, 2.75) is 71.9 Å². The van der Waals surface area contributed by atoms with Gasteiger partial charge in [-0.3, -0.25) is 19.8 Å². The topological polar surface area (TPSA) is 260 Å². The highest BCUT2D eigenvalue weighted by Crippen LogP contribution is 2.35. The number of ether oxygens (including phenoxy) is 1. The van der Waals surface area contributed by atoms with Crippen LogP contribution < -0.4 is 16.4 Å². The minimum absolute atomic E-state index is 0. The molecule has 0 bridgehead atoms. The number of amides is 2. The summed E-state index contributed by atoms with van der Waals surface area (Å²) in [6, 6.07) is 35.5. The van der Waals surface area contributed by atoms with E-state index < -0.39 is 43.3 Å². The molecule has 2 unspecified atom stereocenters. The van der Waals surface area contributed by atoms with Gasteiger partial charge in [-0.25, -0.2) is 21.6 Å². The molecule has 10 rings (SSSR count). The second-order valence-electron chi connectivity index (χ2n) is 18.1. The van der Waals surface area contributed by atoms with E-state index in [9.17, 15) is 31.2 Å². The number of nitrogens with two attached hydrogens (primary N) is 1. The number of nitrogens with zero attached hydrogens (tertiary/aromatic N) is 3. The third-order valence-corrected chi connectivity index (χ3v) is 15.7. The van der Waals surface area contributed by atoms with E-state index in [2.05, 4.69) is 31.0 Å². The number of carboxylic acids is 1. The number of H-pyrrole nitrogens is 2. The zero-order valence-corrected chi connectivity index (χ0v) is 42.9. The van der Waals surface area contributed by atoms with Crippen LogP contribution in [0.15, 0.2) is 141 Å². The Kier molecular flexibility index (Phi) is 17.2. The van der Waals surface area contributed by atoms with E-state index in [0.29, 0.717) is 63.5 Å². The minimum Gasteiger partial charge on any atom is -0.481 e. The van der Waals surface area contributed by atoms with Crippen LogP contribution in [0.25, 0.3) is 43.4 Å². The molecule has 72 heavy (non-hydrogen) atoms. The molecule has 6 aromatic carbocycles. The summed E-state index contributed by atoms with van der Waals surface area (Å²) in [5.74, 6) is -1.49. The van der Waals surface area contributed by atoms with Gasteiger partial charge in [-0.15, -0.1) is 24.8 Å². The molecule has 0 aliphatic carbocycles. The zero-order chi connectivity index (χ0) is 49.8. The third-order valence-electron chi connectivity index (χ3n) is 12.1. The summed E-state index contributed by atoms with van der Waals surface area (Å²) < 4.78 is 58.5. The first kappa shape index (κ1) is 54.6. The maximum absolute atomic E-state index is 13.5. The number of aliphatic carboxylic acids is 1. The van der Waals surface area contributed by atoms with Gasteiger partial charge in [0.1, 0.15) is 16.6 Å². The molecule has 8 aromatic rings. The second-order valence-corrected chi connectivity index (χ2v) is 21.9. The standard InChI is InChI=1S/C23H22N4O3S.C17H13N3O2S.C11H19NO4.2ClH/c28-22(16-8-5-13-24-14-16)25-19-11-4-10-18-21(19)26-27-23(18)31(29,30)20-12-3-7-15-6-1-2-9-17(15)20;18-14-9-4-8-13-16(14)19-20-17(13)23(21,22)15-10-3-6-11-5-1-2-7-12(11)15;1-11(2,3)16-10(15)12-6-4-5-8(7-12)9(13)14;;/h1-4,6-7,9-12,16,24H,5,8,13-14H2,(H,25,28)(H,26,27);1-10H,18H2,(H,19,20);8H,4-7H2,1-3H3,(H,13,14);2*1H. The van der Waals surface area contributed by atoms with Crippen LogP contribution in [-0.2, 0) is 34.0 Å². The molecule has 2 aliphatic rings. The lowest BCUT2D eigenvalue weighted by atomic mass is 9.99. The van der Waals surface area contributed by atoms with Crippen molar-refractivity contribution in [1.29, 1.82) is 0 Å². The molecule has 380 valence electrons. The first-order chi connectivity index (χ1) is 33.4. The lowest BCUT2D eigenvalue weighted by Gasteiger charge is -2.32. The number of likely N-dealkylation sites (tertiary alicyclic amines) is 1. The molecule has 0 saturated carbocycles. The number of sulfone groups is 2. The van der Waals surface area contributed by atoms with Crippen molar-refractivity contribution >= 4 is 117 Å². The SMILES string of the molecule is CC(C)(C)OC(=O)N1CCCC(C(=O)O)C1.Cl.Cl.Nc1cccc2c(S(=O)(=O)c3cccc4ccccc34)[nH]nc12.O=C(Nc1cccc2c(S(=O)(=O)c3cccc4ccccc34)[nH]nc12)C1CCCNC1. The van der Waals surface area contributed by atoms with E-state index in [-0.39, 0.29) is 63.0 Å². The summed E-state index contributed by atoms with van der Waals surface area (Å²) in [4.78, 5) is 37.2. The van der Waals surface area contributed by atoms with Gasteiger partial charge in [0.2, 0.25) is 25.6 Å². The Hall–Kier alpha value is -6.77. The van der Waals surface area contributed by atoms with E-state index >= 15 is 0 Å². The first-order valence-corrected chi connectivity index (χ1v) is 25.8. The van der Waals surface area contributed by atoms with Gasteiger partial charge < -0.3 is 31.1 Å². The fourth-order valence-corrected chi connectivity index (χ4v) is 11.8. The fraction of sp³-hybridized carbons (Fsp3) is 0.275. The lowest BCUT2D eigenvalue weighted by molar-refractivity contribution is -0.143. The largest absolute Gasteiger partial charge is 0.481 e. The van der Waals surface area contributed by atoms with Crippen LogP contribution in [0.2, 0.25) is 0 Å². The highest BCUT2D eigenvalue weighted by Gasteiger charge is 2.31. The summed E-state index contributed by atoms with van der Waals surface area (Å²) >= 11 is 0. The predicted octanol–water partition coefficient (Wildman–Crippen LogP) is 9.18. The maximum atomic E-state index is 13.5. The highest BCUT2D eigenvalue weighted by atomic mass is 35.5. The molecule has 0 spiro atoms. The molecule has 2 amide bonds. The number of fused-ring (bicyclic) bond motifs is 4. The number of nitrogen functional groups attached to an aromatic ring is 1. The molecular formula is C51H56Cl2N8O9S2. The predicted molar refractivity (Wildman–Crippen MR) is 282 cm³/mol. The van der Waals surface area contributed by atoms with Crippen molar-refractivity contribution in [2.24, 2.45) is 11.8 Å². The zero-order valence-electron chi connectivity index (χ0n) is 39.6. The summed E-state index contributed by atoms with van der Waals surface area (Å²) in [6.45, 7) is 7.79. The van der Waals surface area contributed by atoms with E-state index in [4.69, 9.17) is 15.6 Å². The number of benzene rings is 6. The lowest BCUT2D eigenvalue weighted by Crippen LogP contribution is -2.44. The number of carbonyl (C=O) groups is 3. The second kappa shape index (κ2) is 22.8. The molecule has 4 heterocycles. The van der Waals surface area contributed by atoms with Gasteiger partial charge >= 0.3 is 12.1 Å². The molecule has 2 fully saturated rings. The fourth-order valence-electron chi connectivity index (χ4n) is 8.62. The quantitative estimate of drug-likeness (QED) is 0.0815. The number of halogens is 2. The van der Waals surface area contributed by atoms with Crippen molar-refractivity contribution in [1.82, 2.24) is 30.6 Å². The minimum atomic E-state index is -3.86. The molecular weight excluding hydrogens is 1000 g/mol. The number of nitrogens with one attached hydrogen (secondary N) is 4. The van der Waals surface area contributed by atoms with Crippen LogP contribution >= 0.6 is 24.8 Å². The number of carboxylic acid groups (broad SMARTS) is 1. The average molecular weight is 1060 g/mol. The van der Waals surface area contributed by atoms with Gasteiger partial charge in [0.05, 0.1) is 33.0 Å². The molecule has 2 aromatic heterocycles. The van der Waals surface area contributed by atoms with E-state index in [0.717, 1.165) is 36.6 Å². The number of aromatic amines is 2. The number of hydrogen-bond acceptors (Lipinski definition) is 12. The van der Waals surface area contributed by atoms with Crippen LogP contribution in [0.5, 0.6) is 0 Å². The molecule has 0 radical (unpaired) electrons. The Bertz CT molecular complexity index is 3470. The molecule has 17 nitrogen and oxygen atoms in total. The van der Waals surface area contributed by atoms with Gasteiger partial charge in [-0.1, -0.05) is 84.9 Å². The van der Waals surface area contributed by atoms with Crippen molar-refractivity contribution in [3.8, 4) is 0 Å². The van der Waals surface area contributed by atoms with E-state index in [1.807, 2.05) is 48.5 Å². The average Bonchev–Trinajstić information content (AvgIpc) is 4.02. The smallest absolute Gasteiger partial charge is 0.410 e. The van der Waals surface area contributed by atoms with Crippen molar-refractivity contribution in [3.63, 3.8) is 0 Å². The normalized spacial score (nSPS) is 16.0. The van der Waals surface area contributed by atoms with Crippen LogP contribution in [0, 0.1) is 11.8 Å². The molecule has 21 heteroatoms. The van der Waals surface area contributed by atoms with Gasteiger partial charge in [-0.05, 0) is 100 Å². The third kappa shape index (κ3) is 11.8. The first-order valence-electron chi connectivity index (χ1n) is 22.8. The summed E-state index contributed by atoms with van der Waals surface area (Å²) in [5, 5.41) is 32.8. The highest BCUT2D eigenvalue weighted by molar-refractivity contribution is 7.92. The Morgan fingerprint density at radius 3 is 1.74 bits per heavy atom. The van der Waals surface area contributed by atoms with Gasteiger partial charge in [0, 0.05) is 41.2 Å². The van der Waals surface area contributed by atoms with Crippen molar-refractivity contribution in [2.75, 3.05) is 37.2 Å². The number of aromatic nitrogens is 4. The number of anilines is 2. The molecule has 2 aliphatic heterocycles. The summed E-state index contributed by atoms with van der Waals surface area (Å²) in [7, 11) is -7.59. The number of hydrogen-bond donors (Lipinski definition) is 6. The molecule has 2 atom stereocenters. The van der Waals surface area contributed by atoms with Crippen LogP contribution in [0.3, 0.4) is 0 Å². The summed E-state index contributed by atoms with van der Waals surface area (Å²) in [6.07, 6.45) is 2.72. The van der Waals surface area contributed by atoms with Gasteiger partial charge in [0.15, 0.2) is 10.1 Å². The monoisotopic (exact) mass is 1060 g/mol. The Labute approximate surface area is 428 Å². The van der Waals surface area contributed by atoms with Crippen molar-refractivity contribution in [3.05, 3.63) is 121 Å². The maximum Gasteiger partial charge on any atom is 0.410 e. The number of rotatable bonds is 7. The molecule has 2 saturated heterocycles. The molecule has 7 N–H and O–H groups in total. The van der Waals surface area contributed by atoms with Gasteiger partial charge in [0.25, 0.3) is 0 Å². The number of carbonyl (C=O) groups excluding carboxylic acids is 2. The van der Waals surface area contributed by atoms with Crippen molar-refractivity contribution < 1.29 is 41.1 Å². The van der Waals surface area contributed by atoms with Crippen LogP contribution in [0.1, 0.15) is 46.5 Å². The Balaban J connectivity index is 0.000000184. The van der Waals surface area contributed by atoms with E-state index in [1.54, 1.807) is 93.6 Å². The number of para-hydroxylation sites is 2. The Morgan fingerprint density at radius 1 is 0.681 bits per heavy atom. The van der Waals surface area contributed by atoms with Crippen LogP contribution in [0.4, 0.5) is 16.2 Å².